The third kappa shape index (κ3) is 7.21. The Morgan fingerprint density at radius 3 is 2.28 bits per heavy atom. The molecule has 0 bridgehead atoms. The molecule has 3 nitrogen and oxygen atoms in total. The Labute approximate surface area is 159 Å². The van der Waals surface area contributed by atoms with E-state index in [1.165, 1.54) is 19.3 Å². The minimum Gasteiger partial charge on any atom is -0.335 e. The number of benzene rings is 1. The second kappa shape index (κ2) is 12.1. The SMILES string of the molecule is CCN(CC)CCN(C(=O)C=Cc1ccccc1)C1CCCCC1.Cl. The predicted molar refractivity (Wildman–Crippen MR) is 109 cm³/mol. The van der Waals surface area contributed by atoms with Crippen molar-refractivity contribution in [3.05, 3.63) is 42.0 Å². The average molecular weight is 365 g/mol. The first-order chi connectivity index (χ1) is 11.7. The number of likely N-dealkylation sites (N-methyl/N-ethyl adjacent to an activating group) is 1. The van der Waals surface area contributed by atoms with E-state index in [2.05, 4.69) is 23.6 Å². The van der Waals surface area contributed by atoms with E-state index in [0.29, 0.717) is 6.04 Å². The zero-order chi connectivity index (χ0) is 17.2. The van der Waals surface area contributed by atoms with Gasteiger partial charge in [0.1, 0.15) is 0 Å². The summed E-state index contributed by atoms with van der Waals surface area (Å²) in [4.78, 5) is 17.3. The average Bonchev–Trinajstić information content (AvgIpc) is 2.65. The van der Waals surface area contributed by atoms with Gasteiger partial charge in [-0.05, 0) is 37.6 Å². The number of carbonyl (C=O) groups excluding carboxylic acids is 1. The number of rotatable bonds is 8. The third-order valence-electron chi connectivity index (χ3n) is 5.07. The Morgan fingerprint density at radius 1 is 1.04 bits per heavy atom. The normalized spacial score (nSPS) is 15.3. The molecular weight excluding hydrogens is 332 g/mol. The van der Waals surface area contributed by atoms with Gasteiger partial charge in [0.05, 0.1) is 0 Å². The van der Waals surface area contributed by atoms with Crippen LogP contribution in [0.1, 0.15) is 51.5 Å². The molecule has 0 aromatic heterocycles. The summed E-state index contributed by atoms with van der Waals surface area (Å²) in [5.41, 5.74) is 1.08. The molecule has 0 radical (unpaired) electrons. The lowest BCUT2D eigenvalue weighted by atomic mass is 9.94. The van der Waals surface area contributed by atoms with Crippen LogP contribution in [0.4, 0.5) is 0 Å². The van der Waals surface area contributed by atoms with Crippen molar-refractivity contribution in [3.8, 4) is 0 Å². The summed E-state index contributed by atoms with van der Waals surface area (Å²) in [6.07, 6.45) is 9.83. The molecule has 0 heterocycles. The molecule has 1 aromatic carbocycles. The van der Waals surface area contributed by atoms with Crippen molar-refractivity contribution < 1.29 is 4.79 Å². The molecule has 1 aliphatic rings. The molecule has 0 spiro atoms. The Hall–Kier alpha value is -1.32. The first-order valence-electron chi connectivity index (χ1n) is 9.50. The van der Waals surface area contributed by atoms with E-state index in [9.17, 15) is 4.79 Å². The summed E-state index contributed by atoms with van der Waals surface area (Å²) in [6, 6.07) is 10.5. The highest BCUT2D eigenvalue weighted by Gasteiger charge is 2.24. The van der Waals surface area contributed by atoms with Crippen LogP contribution in [0.5, 0.6) is 0 Å². The van der Waals surface area contributed by atoms with Crippen molar-refractivity contribution >= 4 is 24.4 Å². The highest BCUT2D eigenvalue weighted by Crippen LogP contribution is 2.23. The smallest absolute Gasteiger partial charge is 0.246 e. The van der Waals surface area contributed by atoms with Gasteiger partial charge in [0.25, 0.3) is 0 Å². The molecule has 25 heavy (non-hydrogen) atoms. The number of amides is 1. The lowest BCUT2D eigenvalue weighted by Gasteiger charge is -2.35. The minimum absolute atomic E-state index is 0. The van der Waals surface area contributed by atoms with Gasteiger partial charge in [-0.2, -0.15) is 0 Å². The first-order valence-corrected chi connectivity index (χ1v) is 9.50. The molecule has 0 aliphatic heterocycles. The summed E-state index contributed by atoms with van der Waals surface area (Å²) in [5.74, 6) is 0.165. The van der Waals surface area contributed by atoms with Gasteiger partial charge in [-0.25, -0.2) is 0 Å². The second-order valence-corrected chi connectivity index (χ2v) is 6.59. The van der Waals surface area contributed by atoms with E-state index in [1.807, 2.05) is 36.4 Å². The maximum atomic E-state index is 12.8. The molecule has 1 saturated carbocycles. The molecule has 4 heteroatoms. The molecule has 1 fully saturated rings. The second-order valence-electron chi connectivity index (χ2n) is 6.59. The van der Waals surface area contributed by atoms with Gasteiger partial charge in [0.2, 0.25) is 5.91 Å². The maximum absolute atomic E-state index is 12.8. The van der Waals surface area contributed by atoms with Crippen LogP contribution < -0.4 is 0 Å². The van der Waals surface area contributed by atoms with Gasteiger partial charge in [0, 0.05) is 25.2 Å². The molecule has 0 N–H and O–H groups in total. The van der Waals surface area contributed by atoms with E-state index in [0.717, 1.165) is 44.6 Å². The Morgan fingerprint density at radius 2 is 1.68 bits per heavy atom. The van der Waals surface area contributed by atoms with E-state index >= 15 is 0 Å². The molecular formula is C21H33ClN2O. The van der Waals surface area contributed by atoms with Gasteiger partial charge < -0.3 is 9.80 Å². The van der Waals surface area contributed by atoms with Crippen molar-refractivity contribution in [1.82, 2.24) is 9.80 Å². The molecule has 1 aromatic rings. The zero-order valence-corrected chi connectivity index (χ0v) is 16.5. The van der Waals surface area contributed by atoms with E-state index in [-0.39, 0.29) is 18.3 Å². The molecule has 0 unspecified atom stereocenters. The fourth-order valence-corrected chi connectivity index (χ4v) is 3.48. The highest BCUT2D eigenvalue weighted by molar-refractivity contribution is 5.92. The van der Waals surface area contributed by atoms with Crippen LogP contribution >= 0.6 is 12.4 Å². The summed E-state index contributed by atoms with van der Waals surface area (Å²) in [6.45, 7) is 8.27. The van der Waals surface area contributed by atoms with Crippen molar-refractivity contribution in [2.24, 2.45) is 0 Å². The van der Waals surface area contributed by atoms with Crippen LogP contribution in [-0.2, 0) is 4.79 Å². The lowest BCUT2D eigenvalue weighted by molar-refractivity contribution is -0.129. The van der Waals surface area contributed by atoms with Crippen LogP contribution in [0.3, 0.4) is 0 Å². The summed E-state index contributed by atoms with van der Waals surface area (Å²) < 4.78 is 0. The number of hydrogen-bond acceptors (Lipinski definition) is 2. The zero-order valence-electron chi connectivity index (χ0n) is 15.7. The predicted octanol–water partition coefficient (Wildman–Crippen LogP) is 4.62. The van der Waals surface area contributed by atoms with Crippen molar-refractivity contribution in [1.29, 1.82) is 0 Å². The van der Waals surface area contributed by atoms with E-state index in [1.54, 1.807) is 6.08 Å². The Kier molecular flexibility index (Phi) is 10.5. The Balaban J connectivity index is 0.00000312. The fraction of sp³-hybridized carbons (Fsp3) is 0.571. The van der Waals surface area contributed by atoms with Gasteiger partial charge in [-0.15, -0.1) is 12.4 Å². The number of hydrogen-bond donors (Lipinski definition) is 0. The molecule has 140 valence electrons. The molecule has 0 saturated heterocycles. The highest BCUT2D eigenvalue weighted by atomic mass is 35.5. The molecule has 1 aliphatic carbocycles. The van der Waals surface area contributed by atoms with Crippen LogP contribution in [0, 0.1) is 0 Å². The number of halogens is 1. The van der Waals surface area contributed by atoms with Crippen LogP contribution in [0.25, 0.3) is 6.08 Å². The minimum atomic E-state index is 0. The number of carbonyl (C=O) groups is 1. The third-order valence-corrected chi connectivity index (χ3v) is 5.07. The molecule has 2 rings (SSSR count). The molecule has 0 atom stereocenters. The van der Waals surface area contributed by atoms with E-state index < -0.39 is 0 Å². The summed E-state index contributed by atoms with van der Waals surface area (Å²) in [5, 5.41) is 0. The maximum Gasteiger partial charge on any atom is 0.246 e. The van der Waals surface area contributed by atoms with E-state index in [4.69, 9.17) is 0 Å². The number of nitrogens with zero attached hydrogens (tertiary/aromatic N) is 2. The van der Waals surface area contributed by atoms with Gasteiger partial charge in [-0.3, -0.25) is 4.79 Å². The van der Waals surface area contributed by atoms with Crippen LogP contribution in [0.2, 0.25) is 0 Å². The quantitative estimate of drug-likeness (QED) is 0.628. The molecule has 1 amide bonds. The Bertz CT molecular complexity index is 508. The van der Waals surface area contributed by atoms with Gasteiger partial charge in [-0.1, -0.05) is 63.4 Å². The van der Waals surface area contributed by atoms with Gasteiger partial charge in [0.15, 0.2) is 0 Å². The van der Waals surface area contributed by atoms with Crippen molar-refractivity contribution in [3.63, 3.8) is 0 Å². The van der Waals surface area contributed by atoms with Crippen LogP contribution in [-0.4, -0.2) is 47.9 Å². The topological polar surface area (TPSA) is 23.6 Å². The van der Waals surface area contributed by atoms with Crippen molar-refractivity contribution in [2.75, 3.05) is 26.2 Å². The monoisotopic (exact) mass is 364 g/mol. The lowest BCUT2D eigenvalue weighted by Crippen LogP contribution is -2.45. The first kappa shape index (κ1) is 21.7. The van der Waals surface area contributed by atoms with Crippen LogP contribution in [0.15, 0.2) is 36.4 Å². The van der Waals surface area contributed by atoms with Crippen molar-refractivity contribution in [2.45, 2.75) is 52.0 Å². The standard InChI is InChI=1S/C21H32N2O.ClH/c1-3-22(4-2)17-18-23(20-13-9-6-10-14-20)21(24)16-15-19-11-7-5-8-12-19;/h5,7-8,11-12,15-16,20H,3-4,6,9-10,13-14,17-18H2,1-2H3;1H. The largest absolute Gasteiger partial charge is 0.335 e. The van der Waals surface area contributed by atoms with Gasteiger partial charge >= 0.3 is 0 Å². The fourth-order valence-electron chi connectivity index (χ4n) is 3.48. The summed E-state index contributed by atoms with van der Waals surface area (Å²) in [7, 11) is 0. The summed E-state index contributed by atoms with van der Waals surface area (Å²) >= 11 is 0.